The Morgan fingerprint density at radius 1 is 1.00 bits per heavy atom. The molecule has 7 heteroatoms. The molecule has 0 saturated carbocycles. The molecule has 0 amide bonds. The third kappa shape index (κ3) is 4.75. The second kappa shape index (κ2) is 8.90. The summed E-state index contributed by atoms with van der Waals surface area (Å²) in [6, 6.07) is 16.5. The predicted molar refractivity (Wildman–Crippen MR) is 117 cm³/mol. The highest BCUT2D eigenvalue weighted by Gasteiger charge is 2.18. The van der Waals surface area contributed by atoms with Gasteiger partial charge >= 0.3 is 0 Å². The molecule has 1 N–H and O–H groups in total. The van der Waals surface area contributed by atoms with E-state index < -0.39 is 0 Å². The van der Waals surface area contributed by atoms with E-state index in [9.17, 15) is 0 Å². The molecule has 0 atom stereocenters. The van der Waals surface area contributed by atoms with Crippen LogP contribution in [0.2, 0.25) is 0 Å². The van der Waals surface area contributed by atoms with Gasteiger partial charge in [-0.15, -0.1) is 0 Å². The third-order valence-corrected chi connectivity index (χ3v) is 5.82. The van der Waals surface area contributed by atoms with Gasteiger partial charge in [0.05, 0.1) is 13.8 Å². The minimum Gasteiger partial charge on any atom is -0.497 e. The van der Waals surface area contributed by atoms with Crippen molar-refractivity contribution in [2.45, 2.75) is 20.1 Å². The number of methoxy groups -OCH3 is 1. The van der Waals surface area contributed by atoms with Crippen molar-refractivity contribution in [3.63, 3.8) is 0 Å². The molecule has 0 bridgehead atoms. The van der Waals surface area contributed by atoms with E-state index in [4.69, 9.17) is 17.0 Å². The Hall–Kier alpha value is -2.48. The van der Waals surface area contributed by atoms with Crippen LogP contribution < -0.4 is 4.74 Å². The molecular weight excluding hydrogens is 382 g/mol. The van der Waals surface area contributed by atoms with Crippen molar-refractivity contribution >= 4 is 12.2 Å². The first-order valence-corrected chi connectivity index (χ1v) is 10.3. The zero-order valence-corrected chi connectivity index (χ0v) is 17.8. The summed E-state index contributed by atoms with van der Waals surface area (Å²) in [6.45, 7) is 8.09. The Labute approximate surface area is 176 Å². The van der Waals surface area contributed by atoms with Gasteiger partial charge in [-0.1, -0.05) is 24.3 Å². The van der Waals surface area contributed by atoms with Crippen molar-refractivity contribution in [3.05, 3.63) is 64.4 Å². The summed E-state index contributed by atoms with van der Waals surface area (Å²) in [5, 5.41) is 3.35. The van der Waals surface area contributed by atoms with E-state index in [1.807, 2.05) is 28.9 Å². The van der Waals surface area contributed by atoms with Crippen LogP contribution in [-0.4, -0.2) is 57.9 Å². The SMILES string of the molecule is COc1ccc(-c2nc(=S)n(CN3CCN(Cc4ccccc4C)CC3)[nH]2)cc1. The van der Waals surface area contributed by atoms with Crippen LogP contribution in [0.5, 0.6) is 5.75 Å². The molecule has 6 nitrogen and oxygen atoms in total. The first-order chi connectivity index (χ1) is 14.1. The van der Waals surface area contributed by atoms with E-state index >= 15 is 0 Å². The van der Waals surface area contributed by atoms with Crippen molar-refractivity contribution < 1.29 is 4.74 Å². The maximum Gasteiger partial charge on any atom is 0.217 e. The van der Waals surface area contributed by atoms with Gasteiger partial charge in [0.2, 0.25) is 4.77 Å². The van der Waals surface area contributed by atoms with Gasteiger partial charge in [0.15, 0.2) is 5.82 Å². The van der Waals surface area contributed by atoms with E-state index in [0.717, 1.165) is 56.5 Å². The molecule has 0 spiro atoms. The van der Waals surface area contributed by atoms with Crippen LogP contribution >= 0.6 is 12.2 Å². The number of aromatic nitrogens is 3. The second-order valence-corrected chi connectivity index (χ2v) is 7.84. The van der Waals surface area contributed by atoms with Crippen LogP contribution in [0.3, 0.4) is 0 Å². The number of aromatic amines is 1. The third-order valence-electron chi connectivity index (χ3n) is 5.50. The van der Waals surface area contributed by atoms with E-state index in [-0.39, 0.29) is 0 Å². The highest BCUT2D eigenvalue weighted by Crippen LogP contribution is 2.19. The Kier molecular flexibility index (Phi) is 6.08. The lowest BCUT2D eigenvalue weighted by atomic mass is 10.1. The topological polar surface area (TPSA) is 49.3 Å². The summed E-state index contributed by atoms with van der Waals surface area (Å²) in [5.74, 6) is 1.62. The fourth-order valence-corrected chi connectivity index (χ4v) is 3.84. The molecular formula is C22H27N5OS. The number of hydrogen-bond acceptors (Lipinski definition) is 5. The maximum atomic E-state index is 5.47. The fourth-order valence-electron chi connectivity index (χ4n) is 3.65. The van der Waals surface area contributed by atoms with Crippen LogP contribution in [0.1, 0.15) is 11.1 Å². The van der Waals surface area contributed by atoms with E-state index in [2.05, 4.69) is 51.1 Å². The molecule has 4 rings (SSSR count). The number of nitrogens with one attached hydrogen (secondary N) is 1. The minimum atomic E-state index is 0.582. The average Bonchev–Trinajstić information content (AvgIpc) is 3.11. The van der Waals surface area contributed by atoms with Crippen molar-refractivity contribution in [3.8, 4) is 17.1 Å². The molecule has 1 aliphatic heterocycles. The molecule has 29 heavy (non-hydrogen) atoms. The van der Waals surface area contributed by atoms with Crippen LogP contribution in [0.4, 0.5) is 0 Å². The van der Waals surface area contributed by atoms with Gasteiger partial charge in [0.1, 0.15) is 5.75 Å². The van der Waals surface area contributed by atoms with Crippen LogP contribution in [0, 0.1) is 11.7 Å². The Morgan fingerprint density at radius 3 is 2.38 bits per heavy atom. The maximum absolute atomic E-state index is 5.47. The van der Waals surface area contributed by atoms with Gasteiger partial charge < -0.3 is 4.74 Å². The average molecular weight is 410 g/mol. The first-order valence-electron chi connectivity index (χ1n) is 9.93. The van der Waals surface area contributed by atoms with Gasteiger partial charge in [-0.05, 0) is 54.5 Å². The van der Waals surface area contributed by atoms with Gasteiger partial charge in [-0.3, -0.25) is 14.9 Å². The van der Waals surface area contributed by atoms with Crippen molar-refractivity contribution in [1.82, 2.24) is 24.6 Å². The molecule has 3 aromatic rings. The molecule has 2 aromatic carbocycles. The molecule has 0 unspecified atom stereocenters. The number of nitrogens with zero attached hydrogens (tertiary/aromatic N) is 4. The zero-order chi connectivity index (χ0) is 20.2. The highest BCUT2D eigenvalue weighted by atomic mass is 32.1. The van der Waals surface area contributed by atoms with E-state index in [1.54, 1.807) is 7.11 Å². The molecule has 0 aliphatic carbocycles. The molecule has 1 aromatic heterocycles. The second-order valence-electron chi connectivity index (χ2n) is 7.47. The smallest absolute Gasteiger partial charge is 0.217 e. The lowest BCUT2D eigenvalue weighted by Gasteiger charge is -2.34. The van der Waals surface area contributed by atoms with E-state index in [1.165, 1.54) is 11.1 Å². The number of rotatable bonds is 6. The molecule has 152 valence electrons. The predicted octanol–water partition coefficient (Wildman–Crippen LogP) is 3.70. The number of piperazine rings is 1. The molecule has 2 heterocycles. The normalized spacial score (nSPS) is 15.5. The zero-order valence-electron chi connectivity index (χ0n) is 17.0. The Bertz CT molecular complexity index is 1000. The number of aryl methyl sites for hydroxylation is 1. The van der Waals surface area contributed by atoms with Crippen LogP contribution in [0.15, 0.2) is 48.5 Å². The van der Waals surface area contributed by atoms with Gasteiger partial charge in [0.25, 0.3) is 0 Å². The fraction of sp³-hybridized carbons (Fsp3) is 0.364. The molecule has 0 radical (unpaired) electrons. The number of ether oxygens (including phenoxy) is 1. The lowest BCUT2D eigenvalue weighted by molar-refractivity contribution is 0.0981. The Balaban J connectivity index is 1.35. The van der Waals surface area contributed by atoms with Crippen LogP contribution in [0.25, 0.3) is 11.4 Å². The lowest BCUT2D eigenvalue weighted by Crippen LogP contribution is -2.46. The number of H-pyrrole nitrogens is 1. The first kappa shape index (κ1) is 19.8. The van der Waals surface area contributed by atoms with Crippen molar-refractivity contribution in [1.29, 1.82) is 0 Å². The summed E-state index contributed by atoms with van der Waals surface area (Å²) in [6.07, 6.45) is 0. The summed E-state index contributed by atoms with van der Waals surface area (Å²) in [4.78, 5) is 9.47. The standard InChI is InChI=1S/C22H27N5OS/c1-17-5-3-4-6-19(17)15-25-11-13-26(14-12-25)16-27-22(29)23-21(24-27)18-7-9-20(28-2)10-8-18/h3-10H,11-16H2,1-2H3,(H,23,24,29). The summed E-state index contributed by atoms with van der Waals surface area (Å²) in [7, 11) is 1.66. The largest absolute Gasteiger partial charge is 0.497 e. The minimum absolute atomic E-state index is 0.582. The van der Waals surface area contributed by atoms with Gasteiger partial charge in [-0.2, -0.15) is 4.98 Å². The summed E-state index contributed by atoms with van der Waals surface area (Å²) in [5.41, 5.74) is 3.78. The summed E-state index contributed by atoms with van der Waals surface area (Å²) < 4.78 is 7.75. The number of hydrogen-bond donors (Lipinski definition) is 1. The quantitative estimate of drug-likeness (QED) is 0.629. The van der Waals surface area contributed by atoms with Crippen molar-refractivity contribution in [2.75, 3.05) is 33.3 Å². The number of benzene rings is 2. The molecule has 1 aliphatic rings. The van der Waals surface area contributed by atoms with Gasteiger partial charge in [-0.25, -0.2) is 4.68 Å². The highest BCUT2D eigenvalue weighted by molar-refractivity contribution is 7.71. The monoisotopic (exact) mass is 409 g/mol. The van der Waals surface area contributed by atoms with Gasteiger partial charge in [0, 0.05) is 38.3 Å². The molecule has 1 saturated heterocycles. The van der Waals surface area contributed by atoms with Crippen LogP contribution in [-0.2, 0) is 13.2 Å². The van der Waals surface area contributed by atoms with Crippen molar-refractivity contribution in [2.24, 2.45) is 0 Å². The Morgan fingerprint density at radius 2 is 1.69 bits per heavy atom. The molecule has 1 fully saturated rings. The summed E-state index contributed by atoms with van der Waals surface area (Å²) >= 11 is 5.47. The van der Waals surface area contributed by atoms with E-state index in [0.29, 0.717) is 4.77 Å².